The Labute approximate surface area is 96.6 Å². The van der Waals surface area contributed by atoms with Crippen LogP contribution in [0.15, 0.2) is 16.6 Å². The number of aromatic hydroxyl groups is 1. The first-order chi connectivity index (χ1) is 7.20. The zero-order valence-corrected chi connectivity index (χ0v) is 9.85. The molecule has 1 fully saturated rings. The molecule has 1 aliphatic heterocycles. The number of benzene rings is 1. The van der Waals surface area contributed by atoms with E-state index in [0.29, 0.717) is 5.56 Å². The number of halogens is 2. The Morgan fingerprint density at radius 1 is 1.40 bits per heavy atom. The molecule has 4 heteroatoms. The van der Waals surface area contributed by atoms with Crippen LogP contribution in [0, 0.1) is 5.82 Å². The summed E-state index contributed by atoms with van der Waals surface area (Å²) in [5, 5.41) is 13.0. The van der Waals surface area contributed by atoms with Gasteiger partial charge < -0.3 is 10.4 Å². The smallest absolute Gasteiger partial charge is 0.165 e. The maximum absolute atomic E-state index is 13.2. The van der Waals surface area contributed by atoms with Crippen molar-refractivity contribution in [3.63, 3.8) is 0 Å². The molecular weight excluding hydrogens is 261 g/mol. The first-order valence-corrected chi connectivity index (χ1v) is 5.89. The topological polar surface area (TPSA) is 32.3 Å². The minimum atomic E-state index is -0.555. The highest BCUT2D eigenvalue weighted by molar-refractivity contribution is 9.10. The van der Waals surface area contributed by atoms with Crippen LogP contribution in [-0.4, -0.2) is 11.7 Å². The van der Waals surface area contributed by atoms with Crippen molar-refractivity contribution in [3.8, 4) is 5.75 Å². The fourth-order valence-corrected chi connectivity index (χ4v) is 2.58. The van der Waals surface area contributed by atoms with E-state index in [-0.39, 0.29) is 11.8 Å². The number of phenols is 1. The normalized spacial score (nSPS) is 21.6. The summed E-state index contributed by atoms with van der Waals surface area (Å²) >= 11 is 3.35. The van der Waals surface area contributed by atoms with Gasteiger partial charge in [-0.1, -0.05) is 22.4 Å². The molecule has 1 unspecified atom stereocenters. The molecule has 0 aromatic heterocycles. The second-order valence-corrected chi connectivity index (χ2v) is 4.65. The number of nitrogens with one attached hydrogen (secondary N) is 1. The molecule has 82 valence electrons. The summed E-state index contributed by atoms with van der Waals surface area (Å²) in [4.78, 5) is 0. The van der Waals surface area contributed by atoms with Crippen LogP contribution < -0.4 is 5.32 Å². The van der Waals surface area contributed by atoms with Crippen LogP contribution in [0.2, 0.25) is 0 Å². The average Bonchev–Trinajstić information content (AvgIpc) is 2.26. The van der Waals surface area contributed by atoms with Crippen molar-refractivity contribution >= 4 is 15.9 Å². The molecular formula is C11H13BrFNO. The first kappa shape index (κ1) is 10.9. The fourth-order valence-electron chi connectivity index (χ4n) is 1.99. The van der Waals surface area contributed by atoms with Gasteiger partial charge in [-0.3, -0.25) is 0 Å². The van der Waals surface area contributed by atoms with Crippen LogP contribution in [0.4, 0.5) is 4.39 Å². The van der Waals surface area contributed by atoms with Crippen LogP contribution in [-0.2, 0) is 0 Å². The van der Waals surface area contributed by atoms with Crippen molar-refractivity contribution in [1.29, 1.82) is 0 Å². The van der Waals surface area contributed by atoms with Gasteiger partial charge in [0.15, 0.2) is 11.6 Å². The number of hydrogen-bond acceptors (Lipinski definition) is 2. The Balaban J connectivity index is 2.36. The zero-order chi connectivity index (χ0) is 10.8. The van der Waals surface area contributed by atoms with Crippen molar-refractivity contribution in [1.82, 2.24) is 5.32 Å². The molecule has 0 amide bonds. The van der Waals surface area contributed by atoms with Gasteiger partial charge >= 0.3 is 0 Å². The minimum absolute atomic E-state index is 0.0591. The summed E-state index contributed by atoms with van der Waals surface area (Å²) in [6.07, 6.45) is 3.19. The number of rotatable bonds is 1. The Bertz CT molecular complexity index is 364. The molecule has 2 nitrogen and oxygen atoms in total. The van der Waals surface area contributed by atoms with Gasteiger partial charge in [-0.15, -0.1) is 0 Å². The van der Waals surface area contributed by atoms with E-state index < -0.39 is 5.82 Å². The summed E-state index contributed by atoms with van der Waals surface area (Å²) < 4.78 is 14.0. The lowest BCUT2D eigenvalue weighted by Gasteiger charge is -2.25. The van der Waals surface area contributed by atoms with Crippen molar-refractivity contribution in [2.75, 3.05) is 6.54 Å². The van der Waals surface area contributed by atoms with Crippen LogP contribution >= 0.6 is 15.9 Å². The van der Waals surface area contributed by atoms with Crippen molar-refractivity contribution in [2.45, 2.75) is 25.3 Å². The van der Waals surface area contributed by atoms with E-state index in [1.54, 1.807) is 6.07 Å². The standard InChI is InChI=1S/C11H13BrFNO/c12-7-4-5-8(13)11(15)10(7)9-3-1-2-6-14-9/h4-5,9,14-15H,1-3,6H2. The van der Waals surface area contributed by atoms with Crippen LogP contribution in [0.5, 0.6) is 5.75 Å². The predicted octanol–water partition coefficient (Wildman–Crippen LogP) is 3.11. The van der Waals surface area contributed by atoms with Crippen LogP contribution in [0.1, 0.15) is 30.9 Å². The third kappa shape index (κ3) is 2.16. The largest absolute Gasteiger partial charge is 0.505 e. The molecule has 1 atom stereocenters. The zero-order valence-electron chi connectivity index (χ0n) is 8.26. The fraction of sp³-hybridized carbons (Fsp3) is 0.455. The molecule has 2 N–H and O–H groups in total. The van der Waals surface area contributed by atoms with E-state index >= 15 is 0 Å². The van der Waals surface area contributed by atoms with Gasteiger partial charge in [0, 0.05) is 16.1 Å². The molecule has 0 spiro atoms. The summed E-state index contributed by atoms with van der Waals surface area (Å²) in [6.45, 7) is 0.924. The molecule has 1 aromatic carbocycles. The third-order valence-electron chi connectivity index (χ3n) is 2.77. The quantitative estimate of drug-likeness (QED) is 0.824. The Kier molecular flexibility index (Phi) is 3.26. The van der Waals surface area contributed by atoms with E-state index in [4.69, 9.17) is 0 Å². The second-order valence-electron chi connectivity index (χ2n) is 3.79. The summed E-state index contributed by atoms with van der Waals surface area (Å²) in [6, 6.07) is 2.97. The second kappa shape index (κ2) is 4.49. The van der Waals surface area contributed by atoms with Crippen molar-refractivity contribution in [3.05, 3.63) is 28.0 Å². The van der Waals surface area contributed by atoms with Gasteiger partial charge in [0.2, 0.25) is 0 Å². The molecule has 15 heavy (non-hydrogen) atoms. The monoisotopic (exact) mass is 273 g/mol. The lowest BCUT2D eigenvalue weighted by Crippen LogP contribution is -2.27. The molecule has 2 rings (SSSR count). The number of hydrogen-bond donors (Lipinski definition) is 2. The molecule has 0 saturated carbocycles. The maximum atomic E-state index is 13.2. The SMILES string of the molecule is Oc1c(F)ccc(Br)c1C1CCCCN1. The average molecular weight is 274 g/mol. The van der Waals surface area contributed by atoms with E-state index in [2.05, 4.69) is 21.2 Å². The molecule has 0 radical (unpaired) electrons. The highest BCUT2D eigenvalue weighted by atomic mass is 79.9. The van der Waals surface area contributed by atoms with Gasteiger partial charge in [-0.2, -0.15) is 0 Å². The number of phenolic OH excluding ortho intramolecular Hbond substituents is 1. The van der Waals surface area contributed by atoms with Gasteiger partial charge in [0.05, 0.1) is 0 Å². The van der Waals surface area contributed by atoms with Gasteiger partial charge in [0.25, 0.3) is 0 Å². The number of piperidine rings is 1. The molecule has 1 aliphatic rings. The third-order valence-corrected chi connectivity index (χ3v) is 3.46. The summed E-state index contributed by atoms with van der Waals surface area (Å²) in [7, 11) is 0. The summed E-state index contributed by atoms with van der Waals surface area (Å²) in [5.74, 6) is -0.788. The predicted molar refractivity (Wildman–Crippen MR) is 60.4 cm³/mol. The van der Waals surface area contributed by atoms with Gasteiger partial charge in [-0.05, 0) is 31.5 Å². The van der Waals surface area contributed by atoms with Crippen molar-refractivity contribution < 1.29 is 9.50 Å². The van der Waals surface area contributed by atoms with Crippen LogP contribution in [0.3, 0.4) is 0 Å². The van der Waals surface area contributed by atoms with E-state index in [0.717, 1.165) is 30.3 Å². The lowest BCUT2D eigenvalue weighted by atomic mass is 9.97. The molecule has 1 saturated heterocycles. The van der Waals surface area contributed by atoms with E-state index in [1.165, 1.54) is 6.07 Å². The van der Waals surface area contributed by atoms with E-state index in [1.807, 2.05) is 0 Å². The minimum Gasteiger partial charge on any atom is -0.505 e. The highest BCUT2D eigenvalue weighted by Crippen LogP contribution is 2.37. The summed E-state index contributed by atoms with van der Waals surface area (Å²) in [5.41, 5.74) is 0.648. The van der Waals surface area contributed by atoms with Crippen LogP contribution in [0.25, 0.3) is 0 Å². The Morgan fingerprint density at radius 3 is 2.87 bits per heavy atom. The highest BCUT2D eigenvalue weighted by Gasteiger charge is 2.22. The maximum Gasteiger partial charge on any atom is 0.165 e. The Hall–Kier alpha value is -0.610. The Morgan fingerprint density at radius 2 is 2.20 bits per heavy atom. The van der Waals surface area contributed by atoms with E-state index in [9.17, 15) is 9.50 Å². The first-order valence-electron chi connectivity index (χ1n) is 5.10. The molecule has 1 aromatic rings. The van der Waals surface area contributed by atoms with Gasteiger partial charge in [-0.25, -0.2) is 4.39 Å². The van der Waals surface area contributed by atoms with Crippen molar-refractivity contribution in [2.24, 2.45) is 0 Å². The molecule has 1 heterocycles. The van der Waals surface area contributed by atoms with Gasteiger partial charge in [0.1, 0.15) is 0 Å². The molecule has 0 aliphatic carbocycles. The molecule has 0 bridgehead atoms. The lowest BCUT2D eigenvalue weighted by molar-refractivity contribution is 0.376.